The molecule has 1 fully saturated rings. The topological polar surface area (TPSA) is 136 Å². The van der Waals surface area contributed by atoms with E-state index < -0.39 is 49.0 Å². The largest absolute Gasteiger partial charge is 0.497 e. The smallest absolute Gasteiger partial charge is 0.397 e. The molecule has 12 nitrogen and oxygen atoms in total. The van der Waals surface area contributed by atoms with Crippen LogP contribution in [0.3, 0.4) is 0 Å². The standard InChI is InChI=1S/C34H44NO11P/c1-5-43-47(39,44-6-2)33(38)21-32(37)45-34-22-29(18-19-31(34)36)46-35(23-25-10-14-27(40-3)15-11-25)30(34)9-7-8-20-42-24-26-12-16-28(41-4)17-13-26/h10-19,29-30H,5-9,20-24H2,1-4H3/t29-,30+,34-/m0/s1. The highest BCUT2D eigenvalue weighted by Gasteiger charge is 2.57. The molecule has 0 spiro atoms. The van der Waals surface area contributed by atoms with Gasteiger partial charge in [0.15, 0.2) is 5.60 Å². The van der Waals surface area contributed by atoms with Crippen LogP contribution in [0.25, 0.3) is 0 Å². The second-order valence-electron chi connectivity index (χ2n) is 11.2. The number of rotatable bonds is 19. The van der Waals surface area contributed by atoms with Crippen LogP contribution in [0.15, 0.2) is 60.7 Å². The Morgan fingerprint density at radius 1 is 0.936 bits per heavy atom. The average molecular weight is 674 g/mol. The molecule has 256 valence electrons. The first-order valence-corrected chi connectivity index (χ1v) is 17.3. The lowest BCUT2D eigenvalue weighted by Crippen LogP contribution is -2.66. The Balaban J connectivity index is 1.50. The molecule has 2 bridgehead atoms. The molecule has 47 heavy (non-hydrogen) atoms. The number of hydrogen-bond donors (Lipinski definition) is 0. The quantitative estimate of drug-likeness (QED) is 0.0798. The van der Waals surface area contributed by atoms with Crippen LogP contribution in [-0.2, 0) is 55.5 Å². The van der Waals surface area contributed by atoms with Gasteiger partial charge in [-0.05, 0) is 74.6 Å². The highest BCUT2D eigenvalue weighted by Crippen LogP contribution is 2.50. The fourth-order valence-corrected chi connectivity index (χ4v) is 7.05. The summed E-state index contributed by atoms with van der Waals surface area (Å²) in [6.07, 6.45) is 3.39. The average Bonchev–Trinajstić information content (AvgIpc) is 3.06. The molecule has 13 heteroatoms. The molecular formula is C34H44NO11P. The van der Waals surface area contributed by atoms with Crippen molar-refractivity contribution < 1.29 is 51.8 Å². The highest BCUT2D eigenvalue weighted by atomic mass is 31.2. The van der Waals surface area contributed by atoms with Crippen molar-refractivity contribution in [3.8, 4) is 11.5 Å². The van der Waals surface area contributed by atoms with Crippen LogP contribution in [0.2, 0.25) is 0 Å². The van der Waals surface area contributed by atoms with Crippen LogP contribution in [-0.4, -0.2) is 74.1 Å². The summed E-state index contributed by atoms with van der Waals surface area (Å²) in [5.74, 6) is 0.0711. The second kappa shape index (κ2) is 17.1. The first kappa shape index (κ1) is 36.5. The normalized spacial score (nSPS) is 21.0. The van der Waals surface area contributed by atoms with Gasteiger partial charge >= 0.3 is 13.6 Å². The summed E-state index contributed by atoms with van der Waals surface area (Å²) in [4.78, 5) is 46.3. The SMILES string of the molecule is CCOP(=O)(OCC)C(=O)CC(=O)O[C@]12C[C@H](C=CC1=O)ON(Cc1ccc(OC)cc1)[C@@H]2CCCCOCc1ccc(OC)cc1. The third-order valence-corrected chi connectivity index (χ3v) is 9.94. The van der Waals surface area contributed by atoms with Crippen molar-refractivity contribution in [1.29, 1.82) is 0 Å². The predicted molar refractivity (Wildman–Crippen MR) is 172 cm³/mol. The van der Waals surface area contributed by atoms with Crippen LogP contribution in [0, 0.1) is 0 Å². The van der Waals surface area contributed by atoms with Crippen molar-refractivity contribution in [3.05, 3.63) is 71.8 Å². The van der Waals surface area contributed by atoms with Crippen molar-refractivity contribution in [2.45, 2.75) is 76.9 Å². The summed E-state index contributed by atoms with van der Waals surface area (Å²) in [6, 6.07) is 14.4. The Labute approximate surface area is 275 Å². The lowest BCUT2D eigenvalue weighted by molar-refractivity contribution is -0.293. The molecule has 1 saturated heterocycles. The zero-order valence-electron chi connectivity index (χ0n) is 27.4. The number of hydrogen-bond acceptors (Lipinski definition) is 12. The second-order valence-corrected chi connectivity index (χ2v) is 13.2. The van der Waals surface area contributed by atoms with Crippen LogP contribution in [0.1, 0.15) is 57.1 Å². The summed E-state index contributed by atoms with van der Waals surface area (Å²) in [5.41, 5.74) is -0.750. The Kier molecular flexibility index (Phi) is 13.3. The van der Waals surface area contributed by atoms with E-state index >= 15 is 0 Å². The van der Waals surface area contributed by atoms with Crippen LogP contribution >= 0.6 is 7.60 Å². The third kappa shape index (κ3) is 9.37. The van der Waals surface area contributed by atoms with Gasteiger partial charge < -0.3 is 28.0 Å². The minimum absolute atomic E-state index is 0.0451. The van der Waals surface area contributed by atoms with Gasteiger partial charge in [-0.1, -0.05) is 30.3 Å². The maximum Gasteiger partial charge on any atom is 0.397 e. The first-order valence-electron chi connectivity index (χ1n) is 15.8. The number of benzene rings is 2. The zero-order valence-corrected chi connectivity index (χ0v) is 28.3. The van der Waals surface area contributed by atoms with Crippen LogP contribution in [0.4, 0.5) is 0 Å². The van der Waals surface area contributed by atoms with E-state index in [9.17, 15) is 18.9 Å². The van der Waals surface area contributed by atoms with E-state index in [0.717, 1.165) is 16.9 Å². The lowest BCUT2D eigenvalue weighted by Gasteiger charge is -2.50. The van der Waals surface area contributed by atoms with Gasteiger partial charge in [-0.25, -0.2) is 0 Å². The molecule has 1 heterocycles. The van der Waals surface area contributed by atoms with Gasteiger partial charge in [0.1, 0.15) is 24.0 Å². The molecular weight excluding hydrogens is 629 g/mol. The van der Waals surface area contributed by atoms with Gasteiger partial charge in [-0.15, -0.1) is 0 Å². The van der Waals surface area contributed by atoms with E-state index in [-0.39, 0.29) is 19.6 Å². The molecule has 0 saturated carbocycles. The van der Waals surface area contributed by atoms with Crippen LogP contribution < -0.4 is 9.47 Å². The Bertz CT molecular complexity index is 1420. The third-order valence-electron chi connectivity index (χ3n) is 7.98. The molecule has 2 aromatic carbocycles. The molecule has 2 aromatic rings. The molecule has 1 aliphatic carbocycles. The maximum atomic E-state index is 13.7. The number of unbranched alkanes of at least 4 members (excludes halogenated alkanes) is 1. The van der Waals surface area contributed by atoms with Crippen molar-refractivity contribution in [2.75, 3.05) is 34.0 Å². The summed E-state index contributed by atoms with van der Waals surface area (Å²) in [5, 5.41) is 1.69. The van der Waals surface area contributed by atoms with E-state index in [1.807, 2.05) is 48.5 Å². The number of hydroxylamine groups is 2. The molecule has 0 radical (unpaired) electrons. The van der Waals surface area contributed by atoms with E-state index in [0.29, 0.717) is 44.8 Å². The van der Waals surface area contributed by atoms with Gasteiger partial charge in [0.25, 0.3) is 5.52 Å². The Morgan fingerprint density at radius 2 is 1.55 bits per heavy atom. The highest BCUT2D eigenvalue weighted by molar-refractivity contribution is 7.71. The van der Waals surface area contributed by atoms with Gasteiger partial charge in [-0.2, -0.15) is 5.06 Å². The zero-order chi connectivity index (χ0) is 33.9. The number of esters is 1. The van der Waals surface area contributed by atoms with Gasteiger partial charge in [0.05, 0.1) is 40.1 Å². The summed E-state index contributed by atoms with van der Waals surface area (Å²) in [7, 11) is -0.997. The summed E-state index contributed by atoms with van der Waals surface area (Å²) < 4.78 is 45.6. The predicted octanol–water partition coefficient (Wildman–Crippen LogP) is 5.57. The Hall–Kier alpha value is -3.38. The molecule has 0 aromatic heterocycles. The number of ketones is 1. The number of carbonyl (C=O) groups excluding carboxylic acids is 3. The number of fused-ring (bicyclic) bond motifs is 2. The molecule has 1 aliphatic heterocycles. The summed E-state index contributed by atoms with van der Waals surface area (Å²) >= 11 is 0. The number of methoxy groups -OCH3 is 2. The van der Waals surface area contributed by atoms with Crippen molar-refractivity contribution in [2.24, 2.45) is 0 Å². The van der Waals surface area contributed by atoms with Gasteiger partial charge in [-0.3, -0.25) is 23.8 Å². The maximum absolute atomic E-state index is 13.7. The minimum Gasteiger partial charge on any atom is -0.497 e. The molecule has 0 amide bonds. The van der Waals surface area contributed by atoms with E-state index in [2.05, 4.69) is 0 Å². The van der Waals surface area contributed by atoms with Crippen molar-refractivity contribution in [1.82, 2.24) is 5.06 Å². The van der Waals surface area contributed by atoms with E-state index in [1.54, 1.807) is 39.2 Å². The van der Waals surface area contributed by atoms with Gasteiger partial charge in [0, 0.05) is 19.6 Å². The molecule has 3 atom stereocenters. The fourth-order valence-electron chi connectivity index (χ4n) is 5.69. The van der Waals surface area contributed by atoms with Crippen LogP contribution in [0.5, 0.6) is 11.5 Å². The first-order chi connectivity index (χ1) is 22.7. The van der Waals surface area contributed by atoms with E-state index in [4.69, 9.17) is 32.8 Å². The van der Waals surface area contributed by atoms with Crippen molar-refractivity contribution >= 4 is 24.9 Å². The fraction of sp³-hybridized carbons (Fsp3) is 0.500. The molecule has 0 N–H and O–H groups in total. The monoisotopic (exact) mass is 673 g/mol. The lowest BCUT2D eigenvalue weighted by atomic mass is 9.76. The number of carbonyl (C=O) groups is 3. The molecule has 2 aliphatic rings. The molecule has 4 rings (SSSR count). The van der Waals surface area contributed by atoms with Gasteiger partial charge in [0.2, 0.25) is 5.78 Å². The number of ether oxygens (including phenoxy) is 4. The molecule has 0 unspecified atom stereocenters. The van der Waals surface area contributed by atoms with Crippen molar-refractivity contribution in [3.63, 3.8) is 0 Å². The minimum atomic E-state index is -4.20. The summed E-state index contributed by atoms with van der Waals surface area (Å²) in [6.45, 7) is 4.25. The van der Waals surface area contributed by atoms with E-state index in [1.165, 1.54) is 6.08 Å². The Morgan fingerprint density at radius 3 is 2.15 bits per heavy atom. The number of nitrogens with zero attached hydrogens (tertiary/aromatic N) is 1.